The van der Waals surface area contributed by atoms with Gasteiger partial charge < -0.3 is 9.32 Å². The van der Waals surface area contributed by atoms with Gasteiger partial charge in [0, 0.05) is 33.3 Å². The molecule has 11 aromatic carbocycles. The number of hydrogen-bond donors (Lipinski definition) is 0. The topological polar surface area (TPSA) is 16.4 Å². The zero-order chi connectivity index (χ0) is 43.8. The van der Waals surface area contributed by atoms with E-state index in [-0.39, 0.29) is 0 Å². The van der Waals surface area contributed by atoms with Gasteiger partial charge in [-0.1, -0.05) is 218 Å². The van der Waals surface area contributed by atoms with Crippen LogP contribution in [0.1, 0.15) is 0 Å². The van der Waals surface area contributed by atoms with Crippen LogP contribution in [0, 0.1) is 0 Å². The smallest absolute Gasteiger partial charge is 0.143 e. The fraction of sp³-hybridized carbons (Fsp3) is 0. The summed E-state index contributed by atoms with van der Waals surface area (Å²) in [7, 11) is 0. The minimum atomic E-state index is 0.886. The summed E-state index contributed by atoms with van der Waals surface area (Å²) in [5.74, 6) is 0.886. The Morgan fingerprint density at radius 3 is 1.26 bits per heavy atom. The van der Waals surface area contributed by atoms with Crippen LogP contribution in [0.5, 0.6) is 0 Å². The van der Waals surface area contributed by atoms with Crippen molar-refractivity contribution in [3.63, 3.8) is 0 Å². The van der Waals surface area contributed by atoms with E-state index in [4.69, 9.17) is 4.42 Å². The molecule has 0 amide bonds. The van der Waals surface area contributed by atoms with Gasteiger partial charge in [0.25, 0.3) is 0 Å². The fourth-order valence-electron chi connectivity index (χ4n) is 9.57. The van der Waals surface area contributed by atoms with Gasteiger partial charge in [-0.3, -0.25) is 0 Å². The van der Waals surface area contributed by atoms with E-state index in [1.807, 2.05) is 12.1 Å². The highest BCUT2D eigenvalue weighted by atomic mass is 16.3. The van der Waals surface area contributed by atoms with Crippen molar-refractivity contribution < 1.29 is 4.42 Å². The number of rotatable bonds is 9. The molecule has 1 aromatic heterocycles. The third-order valence-corrected chi connectivity index (χ3v) is 12.9. The number of benzene rings is 11. The third-order valence-electron chi connectivity index (χ3n) is 12.9. The van der Waals surface area contributed by atoms with Crippen molar-refractivity contribution in [1.82, 2.24) is 0 Å². The van der Waals surface area contributed by atoms with Gasteiger partial charge in [0.2, 0.25) is 0 Å². The van der Waals surface area contributed by atoms with Crippen molar-refractivity contribution in [2.75, 3.05) is 4.90 Å². The Kier molecular flexibility index (Phi) is 9.89. The lowest BCUT2D eigenvalue weighted by molar-refractivity contribution is 0.632. The molecule has 0 radical (unpaired) electrons. The Hall–Kier alpha value is -8.72. The second-order valence-corrected chi connectivity index (χ2v) is 16.9. The average Bonchev–Trinajstić information content (AvgIpc) is 3.80. The molecular formula is C64H43NO. The quantitative estimate of drug-likeness (QED) is 0.135. The van der Waals surface area contributed by atoms with Crippen molar-refractivity contribution in [2.24, 2.45) is 0 Å². The summed E-state index contributed by atoms with van der Waals surface area (Å²) in [5, 5.41) is 6.03. The summed E-state index contributed by atoms with van der Waals surface area (Å²) in [5.41, 5.74) is 17.0. The van der Waals surface area contributed by atoms with Crippen LogP contribution in [0.15, 0.2) is 265 Å². The molecule has 0 N–H and O–H groups in total. The lowest BCUT2D eigenvalue weighted by Crippen LogP contribution is -2.10. The zero-order valence-corrected chi connectivity index (χ0v) is 36.2. The molecule has 0 fully saturated rings. The highest BCUT2D eigenvalue weighted by Gasteiger charge is 2.20. The van der Waals surface area contributed by atoms with Crippen molar-refractivity contribution >= 4 is 49.6 Å². The van der Waals surface area contributed by atoms with Gasteiger partial charge in [-0.2, -0.15) is 0 Å². The van der Waals surface area contributed by atoms with Crippen molar-refractivity contribution in [3.8, 4) is 67.0 Å². The number of para-hydroxylation sites is 1. The van der Waals surface area contributed by atoms with Crippen LogP contribution < -0.4 is 4.90 Å². The first kappa shape index (κ1) is 38.9. The van der Waals surface area contributed by atoms with Gasteiger partial charge in [0.15, 0.2) is 0 Å². The van der Waals surface area contributed by atoms with Crippen LogP contribution in [0.3, 0.4) is 0 Å². The Bertz CT molecular complexity index is 3650. The number of fused-ring (bicyclic) bond motifs is 4. The Morgan fingerprint density at radius 2 is 0.667 bits per heavy atom. The minimum Gasteiger partial charge on any atom is -0.455 e. The van der Waals surface area contributed by atoms with Crippen LogP contribution >= 0.6 is 0 Å². The molecule has 0 saturated carbocycles. The molecule has 310 valence electrons. The van der Waals surface area contributed by atoms with Gasteiger partial charge in [-0.15, -0.1) is 0 Å². The molecule has 0 aliphatic heterocycles. The monoisotopic (exact) mass is 841 g/mol. The SMILES string of the molecule is c1ccc(-c2ccc(-c3ccc(N(c4ccc(-c5ccc(-c6cccc(-c7oc8ccccc8c7-c7ccccc7)c6)cc5)cc4)c4cc5ccccc5c5ccccc45)cc3)cc2)cc1. The molecule has 12 aromatic rings. The van der Waals surface area contributed by atoms with E-state index in [2.05, 4.69) is 254 Å². The molecule has 66 heavy (non-hydrogen) atoms. The minimum absolute atomic E-state index is 0.886. The van der Waals surface area contributed by atoms with E-state index >= 15 is 0 Å². The van der Waals surface area contributed by atoms with Crippen LogP contribution in [-0.4, -0.2) is 0 Å². The first-order valence-electron chi connectivity index (χ1n) is 22.6. The number of nitrogens with zero attached hydrogens (tertiary/aromatic N) is 1. The molecule has 2 nitrogen and oxygen atoms in total. The maximum absolute atomic E-state index is 6.57. The standard InChI is InChI=1S/C64H43NO/c1-3-14-44(15-4-1)45-26-28-46(29-27-45)48-34-38-55(39-35-48)65(61-43-53-18-7-8-21-57(53)58-22-9-10-23-59(58)61)56-40-36-49(37-41-56)47-30-32-50(33-31-47)52-19-13-20-54(42-52)64-63(51-16-5-2-6-17-51)60-24-11-12-25-62(60)66-64/h1-43H. The summed E-state index contributed by atoms with van der Waals surface area (Å²) in [6, 6.07) is 93.7. The molecule has 0 unspecified atom stereocenters. The number of anilines is 3. The van der Waals surface area contributed by atoms with E-state index in [9.17, 15) is 0 Å². The van der Waals surface area contributed by atoms with Gasteiger partial charge >= 0.3 is 0 Å². The van der Waals surface area contributed by atoms with Crippen molar-refractivity contribution in [2.45, 2.75) is 0 Å². The molecule has 0 aliphatic carbocycles. The lowest BCUT2D eigenvalue weighted by Gasteiger charge is -2.28. The maximum Gasteiger partial charge on any atom is 0.143 e. The second kappa shape index (κ2) is 16.8. The summed E-state index contributed by atoms with van der Waals surface area (Å²) < 4.78 is 6.57. The van der Waals surface area contributed by atoms with Gasteiger partial charge in [0.05, 0.1) is 5.69 Å². The summed E-state index contributed by atoms with van der Waals surface area (Å²) >= 11 is 0. The fourth-order valence-corrected chi connectivity index (χ4v) is 9.57. The molecule has 12 rings (SSSR count). The summed E-state index contributed by atoms with van der Waals surface area (Å²) in [6.07, 6.45) is 0. The predicted molar refractivity (Wildman–Crippen MR) is 279 cm³/mol. The van der Waals surface area contributed by atoms with Crippen molar-refractivity contribution in [3.05, 3.63) is 261 Å². The van der Waals surface area contributed by atoms with Gasteiger partial charge in [0.1, 0.15) is 11.3 Å². The van der Waals surface area contributed by atoms with Crippen molar-refractivity contribution in [1.29, 1.82) is 0 Å². The Labute approximate surface area is 384 Å². The van der Waals surface area contributed by atoms with Crippen LogP contribution in [0.25, 0.3) is 99.5 Å². The summed E-state index contributed by atoms with van der Waals surface area (Å²) in [6.45, 7) is 0. The average molecular weight is 842 g/mol. The molecule has 0 atom stereocenters. The van der Waals surface area contributed by atoms with Gasteiger partial charge in [-0.05, 0) is 109 Å². The normalized spacial score (nSPS) is 11.3. The maximum atomic E-state index is 6.57. The zero-order valence-electron chi connectivity index (χ0n) is 36.2. The second-order valence-electron chi connectivity index (χ2n) is 16.9. The third kappa shape index (κ3) is 7.21. The van der Waals surface area contributed by atoms with E-state index in [1.54, 1.807) is 0 Å². The Balaban J connectivity index is 0.876. The molecular weight excluding hydrogens is 799 g/mol. The molecule has 0 saturated heterocycles. The van der Waals surface area contributed by atoms with Gasteiger partial charge in [-0.25, -0.2) is 0 Å². The first-order valence-corrected chi connectivity index (χ1v) is 22.6. The first-order chi connectivity index (χ1) is 32.7. The molecule has 0 bridgehead atoms. The van der Waals surface area contributed by atoms with Crippen LogP contribution in [0.4, 0.5) is 17.1 Å². The number of furan rings is 1. The Morgan fingerprint density at radius 1 is 0.258 bits per heavy atom. The highest BCUT2D eigenvalue weighted by Crippen LogP contribution is 2.44. The molecule has 0 spiro atoms. The van der Waals surface area contributed by atoms with E-state index in [0.717, 1.165) is 72.7 Å². The predicted octanol–water partition coefficient (Wildman–Crippen LogP) is 18.2. The van der Waals surface area contributed by atoms with E-state index < -0.39 is 0 Å². The lowest BCUT2D eigenvalue weighted by atomic mass is 9.95. The van der Waals surface area contributed by atoms with E-state index in [0.29, 0.717) is 0 Å². The van der Waals surface area contributed by atoms with Crippen LogP contribution in [-0.2, 0) is 0 Å². The molecule has 1 heterocycles. The van der Waals surface area contributed by atoms with E-state index in [1.165, 1.54) is 43.8 Å². The summed E-state index contributed by atoms with van der Waals surface area (Å²) in [4.78, 5) is 2.40. The molecule has 0 aliphatic rings. The molecule has 2 heteroatoms. The largest absolute Gasteiger partial charge is 0.455 e. The number of hydrogen-bond acceptors (Lipinski definition) is 2. The highest BCUT2D eigenvalue weighted by molar-refractivity contribution is 6.14. The van der Waals surface area contributed by atoms with Crippen LogP contribution in [0.2, 0.25) is 0 Å².